The first-order valence-corrected chi connectivity index (χ1v) is 7.84. The number of nitrogens with one attached hydrogen (secondary N) is 2. The minimum Gasteiger partial charge on any atom is -0.355 e. The molecule has 20 heavy (non-hydrogen) atoms. The van der Waals surface area contributed by atoms with Gasteiger partial charge < -0.3 is 10.6 Å². The van der Waals surface area contributed by atoms with Crippen LogP contribution in [0.5, 0.6) is 0 Å². The number of hydrogen-bond donors (Lipinski definition) is 2. The highest BCUT2D eigenvalue weighted by molar-refractivity contribution is 5.78. The van der Waals surface area contributed by atoms with E-state index in [1.807, 2.05) is 0 Å². The Hall–Kier alpha value is -1.35. The van der Waals surface area contributed by atoms with Crippen LogP contribution in [0.4, 0.5) is 0 Å². The molecule has 0 radical (unpaired) electrons. The molecule has 110 valence electrons. The largest absolute Gasteiger partial charge is 0.355 e. The Kier molecular flexibility index (Phi) is 6.06. The van der Waals surface area contributed by atoms with Crippen molar-refractivity contribution in [3.63, 3.8) is 0 Å². The number of benzene rings is 1. The molecule has 0 saturated heterocycles. The van der Waals surface area contributed by atoms with E-state index in [4.69, 9.17) is 0 Å². The molecule has 0 heterocycles. The molecule has 1 aromatic carbocycles. The van der Waals surface area contributed by atoms with E-state index in [-0.39, 0.29) is 11.8 Å². The molecule has 1 aliphatic carbocycles. The van der Waals surface area contributed by atoms with Gasteiger partial charge in [0.2, 0.25) is 5.91 Å². The van der Waals surface area contributed by atoms with Gasteiger partial charge in [0, 0.05) is 19.0 Å². The van der Waals surface area contributed by atoms with E-state index >= 15 is 0 Å². The number of hydrogen-bond acceptors (Lipinski definition) is 2. The lowest BCUT2D eigenvalue weighted by Gasteiger charge is -2.28. The minimum atomic E-state index is 0.219. The fraction of sp³-hybridized carbons (Fsp3) is 0.588. The molecule has 1 saturated carbocycles. The first-order valence-electron chi connectivity index (χ1n) is 7.84. The van der Waals surface area contributed by atoms with Crippen molar-refractivity contribution in [2.45, 2.75) is 38.5 Å². The van der Waals surface area contributed by atoms with Crippen molar-refractivity contribution in [2.24, 2.45) is 5.92 Å². The van der Waals surface area contributed by atoms with Gasteiger partial charge in [-0.05, 0) is 43.7 Å². The Morgan fingerprint density at radius 3 is 2.45 bits per heavy atom. The Bertz CT molecular complexity index is 397. The average molecular weight is 274 g/mol. The smallest absolute Gasteiger partial charge is 0.223 e. The molecule has 2 rings (SSSR count). The average Bonchev–Trinajstić information content (AvgIpc) is 2.52. The lowest BCUT2D eigenvalue weighted by Crippen LogP contribution is -2.37. The summed E-state index contributed by atoms with van der Waals surface area (Å²) < 4.78 is 0. The zero-order valence-electron chi connectivity index (χ0n) is 12.4. The summed E-state index contributed by atoms with van der Waals surface area (Å²) in [5.41, 5.74) is 1.43. The number of rotatable bonds is 6. The molecule has 0 aliphatic heterocycles. The minimum absolute atomic E-state index is 0.219. The van der Waals surface area contributed by atoms with Crippen molar-refractivity contribution in [1.29, 1.82) is 0 Å². The van der Waals surface area contributed by atoms with Crippen LogP contribution in [0.3, 0.4) is 0 Å². The van der Waals surface area contributed by atoms with Gasteiger partial charge in [0.05, 0.1) is 0 Å². The molecular weight excluding hydrogens is 248 g/mol. The Morgan fingerprint density at radius 2 is 1.80 bits per heavy atom. The zero-order chi connectivity index (χ0) is 14.2. The lowest BCUT2D eigenvalue weighted by atomic mass is 9.78. The number of amides is 1. The van der Waals surface area contributed by atoms with E-state index < -0.39 is 0 Å². The molecule has 0 aromatic heterocycles. The highest BCUT2D eigenvalue weighted by Gasteiger charge is 2.26. The van der Waals surface area contributed by atoms with E-state index in [0.29, 0.717) is 5.92 Å². The third-order valence-corrected chi connectivity index (χ3v) is 4.22. The molecule has 1 aliphatic rings. The maximum atomic E-state index is 12.1. The number of carbonyl (C=O) groups excluding carboxylic acids is 1. The number of likely N-dealkylation sites (N-methyl/N-ethyl adjacent to an activating group) is 1. The molecule has 3 nitrogen and oxygen atoms in total. The fourth-order valence-electron chi connectivity index (χ4n) is 3.01. The van der Waals surface area contributed by atoms with Gasteiger partial charge in [0.1, 0.15) is 0 Å². The van der Waals surface area contributed by atoms with Crippen LogP contribution in [0.2, 0.25) is 0 Å². The van der Waals surface area contributed by atoms with Crippen LogP contribution < -0.4 is 10.6 Å². The van der Waals surface area contributed by atoms with E-state index in [0.717, 1.165) is 45.3 Å². The lowest BCUT2D eigenvalue weighted by molar-refractivity contribution is -0.125. The summed E-state index contributed by atoms with van der Waals surface area (Å²) in [6, 6.07) is 10.7. The summed E-state index contributed by atoms with van der Waals surface area (Å²) in [7, 11) is 0. The van der Waals surface area contributed by atoms with Gasteiger partial charge in [0.15, 0.2) is 0 Å². The molecule has 1 aromatic rings. The van der Waals surface area contributed by atoms with Crippen molar-refractivity contribution >= 4 is 5.91 Å². The summed E-state index contributed by atoms with van der Waals surface area (Å²) in [4.78, 5) is 12.1. The fourth-order valence-corrected chi connectivity index (χ4v) is 3.01. The Balaban J connectivity index is 1.72. The Morgan fingerprint density at radius 1 is 1.10 bits per heavy atom. The van der Waals surface area contributed by atoms with E-state index in [1.165, 1.54) is 5.56 Å². The van der Waals surface area contributed by atoms with Crippen molar-refractivity contribution in [2.75, 3.05) is 19.6 Å². The second-order valence-corrected chi connectivity index (χ2v) is 5.60. The predicted molar refractivity (Wildman–Crippen MR) is 82.7 cm³/mol. The summed E-state index contributed by atoms with van der Waals surface area (Å²) in [5.74, 6) is 1.10. The molecule has 0 spiro atoms. The van der Waals surface area contributed by atoms with Crippen molar-refractivity contribution in [3.05, 3.63) is 35.9 Å². The van der Waals surface area contributed by atoms with Gasteiger partial charge >= 0.3 is 0 Å². The molecule has 3 heteroatoms. The van der Waals surface area contributed by atoms with E-state index in [2.05, 4.69) is 47.9 Å². The molecular formula is C17H26N2O. The second kappa shape index (κ2) is 8.05. The molecule has 0 unspecified atom stereocenters. The van der Waals surface area contributed by atoms with Crippen LogP contribution in [0.15, 0.2) is 30.3 Å². The first-order chi connectivity index (χ1) is 9.81. The summed E-state index contributed by atoms with van der Waals surface area (Å²) >= 11 is 0. The SMILES string of the molecule is CCNCCNC(=O)C1CCC(c2ccccc2)CC1. The van der Waals surface area contributed by atoms with Crippen LogP contribution in [0, 0.1) is 5.92 Å². The van der Waals surface area contributed by atoms with Crippen LogP contribution in [0.1, 0.15) is 44.1 Å². The highest BCUT2D eigenvalue weighted by atomic mass is 16.1. The summed E-state index contributed by atoms with van der Waals surface area (Å²) in [5, 5.41) is 6.26. The van der Waals surface area contributed by atoms with Gasteiger partial charge in [-0.15, -0.1) is 0 Å². The molecule has 1 amide bonds. The van der Waals surface area contributed by atoms with Gasteiger partial charge in [-0.1, -0.05) is 37.3 Å². The molecule has 0 atom stereocenters. The van der Waals surface area contributed by atoms with Gasteiger partial charge in [-0.25, -0.2) is 0 Å². The second-order valence-electron chi connectivity index (χ2n) is 5.60. The standard InChI is InChI=1S/C17H26N2O/c1-2-18-12-13-19-17(20)16-10-8-15(9-11-16)14-6-4-3-5-7-14/h3-7,15-16,18H,2,8-13H2,1H3,(H,19,20). The van der Waals surface area contributed by atoms with Crippen LogP contribution in [-0.2, 0) is 4.79 Å². The topological polar surface area (TPSA) is 41.1 Å². The van der Waals surface area contributed by atoms with Crippen LogP contribution in [0.25, 0.3) is 0 Å². The third kappa shape index (κ3) is 4.34. The van der Waals surface area contributed by atoms with Crippen molar-refractivity contribution in [3.8, 4) is 0 Å². The molecule has 2 N–H and O–H groups in total. The maximum Gasteiger partial charge on any atom is 0.223 e. The quantitative estimate of drug-likeness (QED) is 0.783. The molecule has 0 bridgehead atoms. The highest BCUT2D eigenvalue weighted by Crippen LogP contribution is 2.35. The van der Waals surface area contributed by atoms with Gasteiger partial charge in [-0.3, -0.25) is 4.79 Å². The monoisotopic (exact) mass is 274 g/mol. The predicted octanol–water partition coefficient (Wildman–Crippen LogP) is 2.69. The van der Waals surface area contributed by atoms with Crippen molar-refractivity contribution < 1.29 is 4.79 Å². The summed E-state index contributed by atoms with van der Waals surface area (Å²) in [6.07, 6.45) is 4.31. The van der Waals surface area contributed by atoms with Gasteiger partial charge in [0.25, 0.3) is 0 Å². The van der Waals surface area contributed by atoms with E-state index in [1.54, 1.807) is 0 Å². The van der Waals surface area contributed by atoms with Crippen LogP contribution >= 0.6 is 0 Å². The normalized spacial score (nSPS) is 22.4. The first kappa shape index (κ1) is 15.0. The maximum absolute atomic E-state index is 12.1. The van der Waals surface area contributed by atoms with E-state index in [9.17, 15) is 4.79 Å². The van der Waals surface area contributed by atoms with Crippen molar-refractivity contribution in [1.82, 2.24) is 10.6 Å². The Labute approximate surface area is 122 Å². The van der Waals surface area contributed by atoms with Gasteiger partial charge in [-0.2, -0.15) is 0 Å². The molecule has 1 fully saturated rings. The summed E-state index contributed by atoms with van der Waals surface area (Å²) in [6.45, 7) is 4.64. The third-order valence-electron chi connectivity index (χ3n) is 4.22. The number of carbonyl (C=O) groups is 1. The zero-order valence-corrected chi connectivity index (χ0v) is 12.4. The van der Waals surface area contributed by atoms with Crippen LogP contribution in [-0.4, -0.2) is 25.5 Å².